The van der Waals surface area contributed by atoms with Crippen molar-refractivity contribution in [3.05, 3.63) is 34.5 Å². The number of tetrazole rings is 1. The van der Waals surface area contributed by atoms with Crippen LogP contribution in [0, 0.1) is 0 Å². The lowest BCUT2D eigenvalue weighted by Crippen LogP contribution is -2.26. The number of para-hydroxylation sites is 1. The highest BCUT2D eigenvalue weighted by Gasteiger charge is 2.13. The maximum Gasteiger partial charge on any atom is 0.239 e. The zero-order valence-electron chi connectivity index (χ0n) is 11.6. The van der Waals surface area contributed by atoms with E-state index in [9.17, 15) is 4.79 Å². The van der Waals surface area contributed by atoms with Crippen LogP contribution < -0.4 is 22.6 Å². The van der Waals surface area contributed by atoms with Crippen molar-refractivity contribution >= 4 is 28.6 Å². The number of guanidine groups is 2. The summed E-state index contributed by atoms with van der Waals surface area (Å²) < 4.78 is 5.67. The quantitative estimate of drug-likeness (QED) is 0.349. The van der Waals surface area contributed by atoms with Gasteiger partial charge in [-0.1, -0.05) is 6.07 Å². The van der Waals surface area contributed by atoms with Gasteiger partial charge in [0.05, 0.1) is 5.39 Å². The molecule has 0 unspecified atom stereocenters. The van der Waals surface area contributed by atoms with Crippen molar-refractivity contribution in [2.24, 2.45) is 27.2 Å². The van der Waals surface area contributed by atoms with Gasteiger partial charge < -0.3 is 21.6 Å². The Morgan fingerprint density at radius 2 is 2.09 bits per heavy atom. The van der Waals surface area contributed by atoms with Gasteiger partial charge in [-0.2, -0.15) is 10.2 Å². The van der Waals surface area contributed by atoms with Gasteiger partial charge in [0, 0.05) is 6.07 Å². The fourth-order valence-electron chi connectivity index (χ4n) is 1.91. The molecular formula is C12H11N9O2. The first-order chi connectivity index (χ1) is 11.0. The largest absolute Gasteiger partial charge is 0.450 e. The minimum Gasteiger partial charge on any atom is -0.450 e. The van der Waals surface area contributed by atoms with Crippen LogP contribution in [0.5, 0.6) is 0 Å². The molecule has 1 aromatic carbocycles. The zero-order valence-corrected chi connectivity index (χ0v) is 11.6. The number of H-pyrrole nitrogens is 1. The van der Waals surface area contributed by atoms with Gasteiger partial charge in [0.15, 0.2) is 22.7 Å². The van der Waals surface area contributed by atoms with Crippen molar-refractivity contribution in [2.75, 3.05) is 0 Å². The molecule has 116 valence electrons. The Morgan fingerprint density at radius 3 is 2.78 bits per heavy atom. The summed E-state index contributed by atoms with van der Waals surface area (Å²) in [5, 5.41) is 13.6. The second-order valence-corrected chi connectivity index (χ2v) is 4.37. The Morgan fingerprint density at radius 1 is 1.26 bits per heavy atom. The van der Waals surface area contributed by atoms with E-state index in [0.717, 1.165) is 0 Å². The van der Waals surface area contributed by atoms with Crippen molar-refractivity contribution in [1.82, 2.24) is 20.6 Å². The zero-order chi connectivity index (χ0) is 16.4. The first kappa shape index (κ1) is 14.2. The van der Waals surface area contributed by atoms with Gasteiger partial charge in [-0.05, 0) is 17.3 Å². The summed E-state index contributed by atoms with van der Waals surface area (Å²) in [6.45, 7) is 0. The number of hydrogen-bond donors (Lipinski definition) is 4. The summed E-state index contributed by atoms with van der Waals surface area (Å²) >= 11 is 0. The predicted molar refractivity (Wildman–Crippen MR) is 82.7 cm³/mol. The van der Waals surface area contributed by atoms with Gasteiger partial charge >= 0.3 is 0 Å². The first-order valence-electron chi connectivity index (χ1n) is 6.29. The molecule has 0 aliphatic heterocycles. The summed E-state index contributed by atoms with van der Waals surface area (Å²) in [4.78, 5) is 19.9. The van der Waals surface area contributed by atoms with E-state index in [1.54, 1.807) is 18.2 Å². The minimum absolute atomic E-state index is 0.138. The lowest BCUT2D eigenvalue weighted by molar-refractivity contribution is 0.613. The van der Waals surface area contributed by atoms with Gasteiger partial charge in [0.1, 0.15) is 5.69 Å². The van der Waals surface area contributed by atoms with Crippen molar-refractivity contribution < 1.29 is 4.42 Å². The molecule has 0 radical (unpaired) electrons. The summed E-state index contributed by atoms with van der Waals surface area (Å²) in [5.41, 5.74) is 16.3. The van der Waals surface area contributed by atoms with E-state index < -0.39 is 0 Å². The van der Waals surface area contributed by atoms with Crippen LogP contribution in [-0.2, 0) is 0 Å². The second kappa shape index (κ2) is 5.55. The van der Waals surface area contributed by atoms with Gasteiger partial charge in [-0.15, -0.1) is 10.2 Å². The number of aromatic nitrogens is 4. The smallest absolute Gasteiger partial charge is 0.239 e. The molecule has 0 bridgehead atoms. The molecular weight excluding hydrogens is 302 g/mol. The van der Waals surface area contributed by atoms with Crippen LogP contribution in [0.3, 0.4) is 0 Å². The van der Waals surface area contributed by atoms with Crippen LogP contribution in [0.2, 0.25) is 0 Å². The lowest BCUT2D eigenvalue weighted by Gasteiger charge is -2.03. The van der Waals surface area contributed by atoms with E-state index in [-0.39, 0.29) is 40.2 Å². The number of nitrogens with one attached hydrogen (secondary N) is 1. The molecule has 0 fully saturated rings. The molecule has 3 rings (SSSR count). The van der Waals surface area contributed by atoms with Crippen LogP contribution in [0.15, 0.2) is 43.5 Å². The lowest BCUT2D eigenvalue weighted by atomic mass is 10.2. The van der Waals surface area contributed by atoms with E-state index >= 15 is 0 Å². The van der Waals surface area contributed by atoms with Crippen molar-refractivity contribution in [3.63, 3.8) is 0 Å². The summed E-state index contributed by atoms with van der Waals surface area (Å²) in [6.07, 6.45) is 0. The fourth-order valence-corrected chi connectivity index (χ4v) is 1.91. The van der Waals surface area contributed by atoms with Gasteiger partial charge in [0.25, 0.3) is 0 Å². The number of aromatic amines is 1. The van der Waals surface area contributed by atoms with Crippen molar-refractivity contribution in [1.29, 1.82) is 0 Å². The van der Waals surface area contributed by atoms with Crippen molar-refractivity contribution in [3.8, 4) is 11.6 Å². The highest BCUT2D eigenvalue weighted by atomic mass is 16.3. The third-order valence-corrected chi connectivity index (χ3v) is 2.78. The Labute approximate surface area is 127 Å². The average Bonchev–Trinajstić information content (AvgIpc) is 3.01. The standard InChI is InChI=1S/C12H11N9O2/c13-11(14)17-12(15)16-6-3-1-2-5-7(22)4-8(23-9(5)6)10-18-20-21-19-10/h1-4H,(H,18,19,20,21)(H6,13,14,15,16,17). The molecule has 0 atom stereocenters. The fraction of sp³-hybridized carbons (Fsp3) is 0. The molecule has 0 saturated heterocycles. The molecule has 0 aliphatic rings. The molecule has 7 N–H and O–H groups in total. The first-order valence-corrected chi connectivity index (χ1v) is 6.29. The van der Waals surface area contributed by atoms with Gasteiger partial charge in [0.2, 0.25) is 11.8 Å². The molecule has 0 aliphatic carbocycles. The van der Waals surface area contributed by atoms with E-state index in [0.29, 0.717) is 5.39 Å². The van der Waals surface area contributed by atoms with Crippen LogP contribution in [0.1, 0.15) is 0 Å². The number of nitrogens with two attached hydrogens (primary N) is 3. The monoisotopic (exact) mass is 313 g/mol. The highest BCUT2D eigenvalue weighted by molar-refractivity contribution is 5.96. The molecule has 0 saturated carbocycles. The van der Waals surface area contributed by atoms with E-state index in [1.807, 2.05) is 0 Å². The highest BCUT2D eigenvalue weighted by Crippen LogP contribution is 2.27. The minimum atomic E-state index is -0.288. The van der Waals surface area contributed by atoms with E-state index in [2.05, 4.69) is 30.6 Å². The van der Waals surface area contributed by atoms with Gasteiger partial charge in [-0.25, -0.2) is 4.99 Å². The molecule has 11 heteroatoms. The molecule has 23 heavy (non-hydrogen) atoms. The van der Waals surface area contributed by atoms with Crippen LogP contribution >= 0.6 is 0 Å². The van der Waals surface area contributed by atoms with E-state index in [1.165, 1.54) is 6.07 Å². The Balaban J connectivity index is 2.24. The normalized spacial score (nSPS) is 11.6. The van der Waals surface area contributed by atoms with Gasteiger partial charge in [-0.3, -0.25) is 4.79 Å². The third-order valence-electron chi connectivity index (χ3n) is 2.78. The summed E-state index contributed by atoms with van der Waals surface area (Å²) in [6, 6.07) is 6.09. The summed E-state index contributed by atoms with van der Waals surface area (Å²) in [7, 11) is 0. The molecule has 0 amide bonds. The molecule has 0 spiro atoms. The maximum absolute atomic E-state index is 12.2. The number of hydrogen-bond acceptors (Lipinski definition) is 6. The molecule has 3 aromatic rings. The molecule has 2 aromatic heterocycles. The Kier molecular flexibility index (Phi) is 3.43. The van der Waals surface area contributed by atoms with Crippen LogP contribution in [-0.4, -0.2) is 32.5 Å². The number of aliphatic imine (C=N–C) groups is 2. The van der Waals surface area contributed by atoms with E-state index in [4.69, 9.17) is 21.6 Å². The number of benzene rings is 1. The number of rotatable bonds is 2. The molecule has 11 nitrogen and oxygen atoms in total. The Hall–Kier alpha value is -3.76. The maximum atomic E-state index is 12.2. The second-order valence-electron chi connectivity index (χ2n) is 4.37. The van der Waals surface area contributed by atoms with Crippen molar-refractivity contribution in [2.45, 2.75) is 0 Å². The number of fused-ring (bicyclic) bond motifs is 1. The van der Waals surface area contributed by atoms with Crippen LogP contribution in [0.25, 0.3) is 22.6 Å². The average molecular weight is 313 g/mol. The number of nitrogens with zero attached hydrogens (tertiary/aromatic N) is 5. The Bertz CT molecular complexity index is 968. The predicted octanol–water partition coefficient (Wildman–Crippen LogP) is -0.807. The summed E-state index contributed by atoms with van der Waals surface area (Å²) in [5.74, 6) is -0.134. The molecule has 2 heterocycles. The SMILES string of the molecule is NC(N)=NC(N)=Nc1cccc2c(=O)cc(-c3nn[nH]n3)oc12. The topological polar surface area (TPSA) is 187 Å². The third kappa shape index (κ3) is 2.83. The van der Waals surface area contributed by atoms with Crippen LogP contribution in [0.4, 0.5) is 5.69 Å².